The van der Waals surface area contributed by atoms with E-state index < -0.39 is 0 Å². The number of rotatable bonds is 4. The highest BCUT2D eigenvalue weighted by Crippen LogP contribution is 2.42. The van der Waals surface area contributed by atoms with Crippen molar-refractivity contribution in [3.05, 3.63) is 182 Å². The summed E-state index contributed by atoms with van der Waals surface area (Å²) in [5.74, 6) is 1.82. The Labute approximate surface area is 341 Å². The minimum atomic E-state index is 0.585. The number of hydrogen-bond acceptors (Lipinski definition) is 5. The Balaban J connectivity index is 1.16. The molecule has 0 aliphatic heterocycles. The van der Waals surface area contributed by atoms with Gasteiger partial charge in [0.15, 0.2) is 17.5 Å². The summed E-state index contributed by atoms with van der Waals surface area (Å²) < 4.78 is 11.5. The van der Waals surface area contributed by atoms with E-state index in [0.717, 1.165) is 66.1 Å². The van der Waals surface area contributed by atoms with Gasteiger partial charge in [-0.2, -0.15) is 0 Å². The van der Waals surface area contributed by atoms with Gasteiger partial charge in [0.2, 0.25) is 0 Å². The van der Waals surface area contributed by atoms with E-state index in [1.54, 1.807) is 0 Å². The number of aromatic nitrogens is 4. The molecule has 0 bridgehead atoms. The second kappa shape index (κ2) is 12.4. The molecule has 0 unspecified atom stereocenters. The molecule has 0 aliphatic rings. The van der Waals surface area contributed by atoms with Gasteiger partial charge in [-0.15, -0.1) is 11.3 Å². The molecule has 59 heavy (non-hydrogen) atoms. The fraction of sp³-hybridized carbons (Fsp3) is 0. The Hall–Kier alpha value is -7.67. The molecule has 6 heteroatoms. The van der Waals surface area contributed by atoms with E-state index >= 15 is 0 Å². The quantitative estimate of drug-likeness (QED) is 0.179. The lowest BCUT2D eigenvalue weighted by molar-refractivity contribution is 0.668. The fourth-order valence-electron chi connectivity index (χ4n) is 9.07. The van der Waals surface area contributed by atoms with Crippen molar-refractivity contribution < 1.29 is 4.42 Å². The Morgan fingerprint density at radius 3 is 1.92 bits per heavy atom. The largest absolute Gasteiger partial charge is 0.456 e. The average molecular weight is 771 g/mol. The summed E-state index contributed by atoms with van der Waals surface area (Å²) >= 11 is 1.81. The zero-order valence-corrected chi connectivity index (χ0v) is 32.2. The molecule has 0 spiro atoms. The van der Waals surface area contributed by atoms with Crippen molar-refractivity contribution in [2.45, 2.75) is 0 Å². The second-order valence-corrected chi connectivity index (χ2v) is 16.3. The highest BCUT2D eigenvalue weighted by atomic mass is 32.1. The van der Waals surface area contributed by atoms with Crippen molar-refractivity contribution in [2.75, 3.05) is 0 Å². The van der Waals surface area contributed by atoms with Crippen LogP contribution in [0.5, 0.6) is 0 Å². The third-order valence-corrected chi connectivity index (χ3v) is 13.0. The average Bonchev–Trinajstić information content (AvgIpc) is 3.96. The first kappa shape index (κ1) is 32.4. The first-order valence-electron chi connectivity index (χ1n) is 19.8. The van der Waals surface area contributed by atoms with Crippen LogP contribution in [0.15, 0.2) is 186 Å². The number of thiophene rings is 1. The minimum absolute atomic E-state index is 0.585. The maximum Gasteiger partial charge on any atom is 0.166 e. The Morgan fingerprint density at radius 1 is 0.373 bits per heavy atom. The van der Waals surface area contributed by atoms with Crippen LogP contribution in [-0.2, 0) is 0 Å². The van der Waals surface area contributed by atoms with Gasteiger partial charge in [-0.3, -0.25) is 0 Å². The van der Waals surface area contributed by atoms with Crippen LogP contribution in [0.25, 0.3) is 125 Å². The number of furan rings is 1. The summed E-state index contributed by atoms with van der Waals surface area (Å²) in [6, 6.07) is 64.4. The lowest BCUT2D eigenvalue weighted by Gasteiger charge is -2.15. The van der Waals surface area contributed by atoms with Crippen molar-refractivity contribution in [1.29, 1.82) is 0 Å². The van der Waals surface area contributed by atoms with Crippen LogP contribution in [-0.4, -0.2) is 19.5 Å². The molecule has 0 fully saturated rings. The molecule has 0 amide bonds. The molecule has 274 valence electrons. The third kappa shape index (κ3) is 4.94. The number of hydrogen-bond donors (Lipinski definition) is 0. The van der Waals surface area contributed by atoms with Crippen LogP contribution in [0.2, 0.25) is 0 Å². The number of benzene rings is 9. The van der Waals surface area contributed by atoms with Crippen molar-refractivity contribution in [1.82, 2.24) is 19.5 Å². The highest BCUT2D eigenvalue weighted by molar-refractivity contribution is 7.25. The molecule has 4 aromatic heterocycles. The van der Waals surface area contributed by atoms with Crippen LogP contribution < -0.4 is 0 Å². The maximum absolute atomic E-state index is 6.61. The van der Waals surface area contributed by atoms with Gasteiger partial charge in [-0.1, -0.05) is 121 Å². The summed E-state index contributed by atoms with van der Waals surface area (Å²) in [5, 5.41) is 11.4. The number of para-hydroxylation sites is 2. The molecule has 0 saturated heterocycles. The van der Waals surface area contributed by atoms with Gasteiger partial charge in [0.25, 0.3) is 0 Å². The van der Waals surface area contributed by atoms with Crippen molar-refractivity contribution in [3.63, 3.8) is 0 Å². The summed E-state index contributed by atoms with van der Waals surface area (Å²) in [4.78, 5) is 16.2. The fourth-order valence-corrected chi connectivity index (χ4v) is 10.2. The van der Waals surface area contributed by atoms with Crippen LogP contribution in [0.3, 0.4) is 0 Å². The van der Waals surface area contributed by atoms with Crippen LogP contribution in [0.4, 0.5) is 0 Å². The Morgan fingerprint density at radius 2 is 1.03 bits per heavy atom. The van der Waals surface area contributed by atoms with Crippen molar-refractivity contribution in [2.24, 2.45) is 0 Å². The molecular formula is C53H30N4OS. The number of nitrogens with zero attached hydrogens (tertiary/aromatic N) is 4. The molecule has 0 N–H and O–H groups in total. The maximum atomic E-state index is 6.61. The lowest BCUT2D eigenvalue weighted by Crippen LogP contribution is -2.04. The van der Waals surface area contributed by atoms with Crippen molar-refractivity contribution >= 4 is 96.8 Å². The minimum Gasteiger partial charge on any atom is -0.456 e. The molecule has 9 aromatic carbocycles. The van der Waals surface area contributed by atoms with E-state index in [-0.39, 0.29) is 0 Å². The molecule has 0 atom stereocenters. The van der Waals surface area contributed by atoms with Gasteiger partial charge >= 0.3 is 0 Å². The summed E-state index contributed by atoms with van der Waals surface area (Å²) in [6.45, 7) is 0. The van der Waals surface area contributed by atoms with E-state index in [4.69, 9.17) is 19.4 Å². The smallest absolute Gasteiger partial charge is 0.166 e. The second-order valence-electron chi connectivity index (χ2n) is 15.2. The van der Waals surface area contributed by atoms with Crippen molar-refractivity contribution in [3.8, 4) is 39.9 Å². The van der Waals surface area contributed by atoms with E-state index in [1.165, 1.54) is 41.7 Å². The number of fused-ring (bicyclic) bond motifs is 11. The molecule has 0 saturated carbocycles. The van der Waals surface area contributed by atoms with E-state index in [9.17, 15) is 0 Å². The van der Waals surface area contributed by atoms with Crippen LogP contribution in [0.1, 0.15) is 0 Å². The summed E-state index contributed by atoms with van der Waals surface area (Å²) in [5.41, 5.74) is 7.52. The van der Waals surface area contributed by atoms with Gasteiger partial charge in [0, 0.05) is 64.5 Å². The molecular weight excluding hydrogens is 741 g/mol. The van der Waals surface area contributed by atoms with Crippen LogP contribution >= 0.6 is 11.3 Å². The zero-order chi connectivity index (χ0) is 38.6. The predicted molar refractivity (Wildman–Crippen MR) is 246 cm³/mol. The first-order chi connectivity index (χ1) is 29.2. The summed E-state index contributed by atoms with van der Waals surface area (Å²) in [6.07, 6.45) is 0. The normalized spacial score (nSPS) is 12.1. The Kier molecular flexibility index (Phi) is 6.82. The molecule has 13 aromatic rings. The lowest BCUT2D eigenvalue weighted by atomic mass is 10.0. The molecule has 0 aliphatic carbocycles. The third-order valence-electron chi connectivity index (χ3n) is 11.8. The topological polar surface area (TPSA) is 56.7 Å². The zero-order valence-electron chi connectivity index (χ0n) is 31.4. The molecule has 0 radical (unpaired) electrons. The van der Waals surface area contributed by atoms with Crippen LogP contribution in [0, 0.1) is 0 Å². The van der Waals surface area contributed by atoms with E-state index in [1.807, 2.05) is 23.5 Å². The molecule has 13 rings (SSSR count). The Bertz CT molecular complexity index is 3870. The molecule has 4 heterocycles. The standard InChI is InChI=1S/C53H30N4OS/c1-2-14-33-28-45-40(26-32(33)13-1)36-17-5-8-21-44(36)57(45)46-30-48-41(37-18-6-9-22-47(37)58-48)29-43(46)53-55-51(34-24-25-50-42(27-34)38-19-7-10-23-49(38)59-50)54-52(56-53)39-20-11-15-31-12-3-4-16-35(31)39/h1-30H. The first-order valence-corrected chi connectivity index (χ1v) is 20.6. The van der Waals surface area contributed by atoms with Gasteiger partial charge in [-0.05, 0) is 76.1 Å². The van der Waals surface area contributed by atoms with Gasteiger partial charge in [-0.25, -0.2) is 15.0 Å². The van der Waals surface area contributed by atoms with Gasteiger partial charge in [0.1, 0.15) is 11.2 Å². The van der Waals surface area contributed by atoms with E-state index in [0.29, 0.717) is 17.5 Å². The summed E-state index contributed by atoms with van der Waals surface area (Å²) in [7, 11) is 0. The monoisotopic (exact) mass is 770 g/mol. The SMILES string of the molecule is c1ccc2cc3c(cc2c1)c1ccccc1n3-c1cc2oc3ccccc3c2cc1-c1nc(-c2ccc3sc4ccccc4c3c2)nc(-c2cccc3ccccc23)n1. The highest BCUT2D eigenvalue weighted by Gasteiger charge is 2.23. The molecule has 5 nitrogen and oxygen atoms in total. The van der Waals surface area contributed by atoms with E-state index in [2.05, 4.69) is 174 Å². The van der Waals surface area contributed by atoms with Gasteiger partial charge < -0.3 is 8.98 Å². The van der Waals surface area contributed by atoms with Gasteiger partial charge in [0.05, 0.1) is 16.7 Å². The predicted octanol–water partition coefficient (Wildman–Crippen LogP) is 14.5.